The highest BCUT2D eigenvalue weighted by atomic mass is 32.1. The molecular weight excluding hydrogens is 398 g/mol. The number of hydrogen-bond donors (Lipinski definition) is 2. The molecule has 0 fully saturated rings. The molecule has 4 aromatic rings. The van der Waals surface area contributed by atoms with Crippen molar-refractivity contribution in [2.45, 2.75) is 20.8 Å². The molecule has 2 aromatic carbocycles. The summed E-state index contributed by atoms with van der Waals surface area (Å²) < 4.78 is 6.20. The third kappa shape index (κ3) is 3.59. The van der Waals surface area contributed by atoms with Gasteiger partial charge in [0.05, 0.1) is 28.1 Å². The van der Waals surface area contributed by atoms with Crippen LogP contribution in [0.4, 0.5) is 5.69 Å². The minimum atomic E-state index is -0.433. The summed E-state index contributed by atoms with van der Waals surface area (Å²) >= 11 is 1.58. The molecule has 0 saturated heterocycles. The van der Waals surface area contributed by atoms with Crippen LogP contribution in [-0.4, -0.2) is 28.5 Å². The lowest BCUT2D eigenvalue weighted by molar-refractivity contribution is 0.0525. The molecule has 2 aromatic heterocycles. The number of thiazole rings is 1. The quantitative estimate of drug-likeness (QED) is 0.428. The van der Waals surface area contributed by atoms with Crippen LogP contribution in [0.5, 0.6) is 0 Å². The maximum absolute atomic E-state index is 13.0. The lowest BCUT2D eigenvalue weighted by atomic mass is 10.1. The molecule has 152 valence electrons. The molecule has 1 amide bonds. The number of aromatic nitrogens is 2. The summed E-state index contributed by atoms with van der Waals surface area (Å²) in [7, 11) is 0. The third-order valence-electron chi connectivity index (χ3n) is 4.84. The first-order valence-corrected chi connectivity index (χ1v) is 10.4. The summed E-state index contributed by atoms with van der Waals surface area (Å²) in [5.74, 6) is -0.752. The number of rotatable bonds is 5. The molecule has 0 spiro atoms. The van der Waals surface area contributed by atoms with Crippen molar-refractivity contribution in [2.75, 3.05) is 11.9 Å². The lowest BCUT2D eigenvalue weighted by Gasteiger charge is -2.09. The van der Waals surface area contributed by atoms with Gasteiger partial charge in [-0.2, -0.15) is 0 Å². The number of hydrogen-bond acceptors (Lipinski definition) is 5. The van der Waals surface area contributed by atoms with Gasteiger partial charge in [-0.3, -0.25) is 4.79 Å². The number of aryl methyl sites for hydroxylation is 1. The monoisotopic (exact) mass is 419 g/mol. The van der Waals surface area contributed by atoms with Gasteiger partial charge < -0.3 is 15.0 Å². The molecule has 2 N–H and O–H groups in total. The number of amides is 1. The molecule has 6 nitrogen and oxygen atoms in total. The molecule has 0 aliphatic carbocycles. The van der Waals surface area contributed by atoms with Gasteiger partial charge >= 0.3 is 5.97 Å². The van der Waals surface area contributed by atoms with Crippen LogP contribution in [0, 0.1) is 13.8 Å². The number of esters is 1. The van der Waals surface area contributed by atoms with Crippen LogP contribution in [0.25, 0.3) is 20.8 Å². The number of carbonyl (C=O) groups excluding carboxylic acids is 2. The van der Waals surface area contributed by atoms with Crippen LogP contribution in [-0.2, 0) is 4.74 Å². The van der Waals surface area contributed by atoms with Crippen molar-refractivity contribution in [1.29, 1.82) is 0 Å². The Morgan fingerprint density at radius 3 is 2.60 bits per heavy atom. The second-order valence-electron chi connectivity index (χ2n) is 6.83. The fraction of sp³-hybridized carbons (Fsp3) is 0.174. The van der Waals surface area contributed by atoms with E-state index in [0.717, 1.165) is 20.8 Å². The average Bonchev–Trinajstić information content (AvgIpc) is 3.29. The lowest BCUT2D eigenvalue weighted by Crippen LogP contribution is -2.15. The SMILES string of the molecule is CCOC(=O)c1c(C)[nH]c(C(=O)Nc2ccccc2-c2nc3ccccc3s2)c1C. The average molecular weight is 420 g/mol. The molecule has 2 heterocycles. The van der Waals surface area contributed by atoms with E-state index in [9.17, 15) is 9.59 Å². The smallest absolute Gasteiger partial charge is 0.340 e. The Labute approximate surface area is 177 Å². The fourth-order valence-electron chi connectivity index (χ4n) is 3.44. The standard InChI is InChI=1S/C23H21N3O3S/c1-4-29-23(28)19-13(2)20(24-14(19)3)21(27)25-16-10-6-5-9-15(16)22-26-17-11-7-8-12-18(17)30-22/h5-12,24H,4H2,1-3H3,(H,25,27). The van der Waals surface area contributed by atoms with Gasteiger partial charge in [0.15, 0.2) is 0 Å². The summed E-state index contributed by atoms with van der Waals surface area (Å²) in [5, 5.41) is 3.80. The number of anilines is 1. The molecule has 0 unspecified atom stereocenters. The van der Waals surface area contributed by atoms with Gasteiger partial charge in [-0.05, 0) is 50.6 Å². The van der Waals surface area contributed by atoms with Crippen molar-refractivity contribution >= 4 is 39.1 Å². The maximum atomic E-state index is 13.0. The van der Waals surface area contributed by atoms with Gasteiger partial charge in [-0.1, -0.05) is 24.3 Å². The summed E-state index contributed by atoms with van der Waals surface area (Å²) in [6.07, 6.45) is 0. The van der Waals surface area contributed by atoms with E-state index in [4.69, 9.17) is 9.72 Å². The summed E-state index contributed by atoms with van der Waals surface area (Å²) in [6.45, 7) is 5.52. The number of para-hydroxylation sites is 2. The number of carbonyl (C=O) groups is 2. The largest absolute Gasteiger partial charge is 0.462 e. The van der Waals surface area contributed by atoms with Crippen LogP contribution >= 0.6 is 11.3 Å². The molecule has 7 heteroatoms. The van der Waals surface area contributed by atoms with Crippen molar-refractivity contribution in [3.63, 3.8) is 0 Å². The van der Waals surface area contributed by atoms with Crippen molar-refractivity contribution < 1.29 is 14.3 Å². The number of benzene rings is 2. The minimum Gasteiger partial charge on any atom is -0.462 e. The highest BCUT2D eigenvalue weighted by Gasteiger charge is 2.23. The summed E-state index contributed by atoms with van der Waals surface area (Å²) in [5.41, 5.74) is 4.35. The van der Waals surface area contributed by atoms with Gasteiger partial charge in [0.25, 0.3) is 5.91 Å². The van der Waals surface area contributed by atoms with Crippen LogP contribution < -0.4 is 5.32 Å². The topological polar surface area (TPSA) is 84.1 Å². The summed E-state index contributed by atoms with van der Waals surface area (Å²) in [6, 6.07) is 15.5. The Hall–Kier alpha value is -3.45. The van der Waals surface area contributed by atoms with Gasteiger partial charge in [-0.15, -0.1) is 11.3 Å². The number of H-pyrrole nitrogens is 1. The predicted molar refractivity (Wildman–Crippen MR) is 119 cm³/mol. The van der Waals surface area contributed by atoms with Crippen LogP contribution in [0.3, 0.4) is 0 Å². The number of fused-ring (bicyclic) bond motifs is 1. The molecule has 0 atom stereocenters. The maximum Gasteiger partial charge on any atom is 0.340 e. The van der Waals surface area contributed by atoms with Crippen LogP contribution in [0.1, 0.15) is 39.0 Å². The Balaban J connectivity index is 1.67. The van der Waals surface area contributed by atoms with E-state index in [0.29, 0.717) is 28.2 Å². The van der Waals surface area contributed by atoms with Crippen molar-refractivity contribution in [3.05, 3.63) is 71.0 Å². The first-order chi connectivity index (χ1) is 14.5. The normalized spacial score (nSPS) is 10.9. The van der Waals surface area contributed by atoms with Crippen molar-refractivity contribution in [1.82, 2.24) is 9.97 Å². The van der Waals surface area contributed by atoms with Gasteiger partial charge in [0.1, 0.15) is 10.7 Å². The molecule has 4 rings (SSSR count). The van der Waals surface area contributed by atoms with Crippen LogP contribution in [0.2, 0.25) is 0 Å². The molecule has 0 aliphatic heterocycles. The van der Waals surface area contributed by atoms with Gasteiger partial charge in [-0.25, -0.2) is 9.78 Å². The van der Waals surface area contributed by atoms with E-state index in [1.54, 1.807) is 32.1 Å². The fourth-order valence-corrected chi connectivity index (χ4v) is 4.44. The van der Waals surface area contributed by atoms with Crippen molar-refractivity contribution in [3.8, 4) is 10.6 Å². The summed E-state index contributed by atoms with van der Waals surface area (Å²) in [4.78, 5) is 33.0. The number of nitrogens with zero attached hydrogens (tertiary/aromatic N) is 1. The third-order valence-corrected chi connectivity index (χ3v) is 5.91. The second kappa shape index (κ2) is 8.12. The Morgan fingerprint density at radius 1 is 1.10 bits per heavy atom. The van der Waals surface area contributed by atoms with E-state index in [1.165, 1.54) is 0 Å². The molecule has 0 radical (unpaired) electrons. The highest BCUT2D eigenvalue weighted by molar-refractivity contribution is 7.21. The van der Waals surface area contributed by atoms with Gasteiger partial charge in [0, 0.05) is 11.3 Å². The number of ether oxygens (including phenoxy) is 1. The van der Waals surface area contributed by atoms with Crippen molar-refractivity contribution in [2.24, 2.45) is 0 Å². The zero-order valence-corrected chi connectivity index (χ0v) is 17.7. The van der Waals surface area contributed by atoms with E-state index < -0.39 is 5.97 Å². The Kier molecular flexibility index (Phi) is 5.37. The molecule has 0 saturated carbocycles. The minimum absolute atomic E-state index is 0.278. The van der Waals surface area contributed by atoms with Gasteiger partial charge in [0.2, 0.25) is 0 Å². The highest BCUT2D eigenvalue weighted by Crippen LogP contribution is 2.34. The molecule has 0 bridgehead atoms. The molecule has 0 aliphatic rings. The number of aromatic amines is 1. The zero-order chi connectivity index (χ0) is 21.3. The first-order valence-electron chi connectivity index (χ1n) is 9.62. The molecule has 30 heavy (non-hydrogen) atoms. The van der Waals surface area contributed by atoms with Crippen LogP contribution in [0.15, 0.2) is 48.5 Å². The van der Waals surface area contributed by atoms with E-state index in [1.807, 2.05) is 48.5 Å². The molecular formula is C23H21N3O3S. The Morgan fingerprint density at radius 2 is 1.83 bits per heavy atom. The zero-order valence-electron chi connectivity index (χ0n) is 16.9. The van der Waals surface area contributed by atoms with E-state index >= 15 is 0 Å². The second-order valence-corrected chi connectivity index (χ2v) is 7.86. The number of nitrogens with one attached hydrogen (secondary N) is 2. The predicted octanol–water partition coefficient (Wildman–Crippen LogP) is 5.34. The Bertz CT molecular complexity index is 1220. The van der Waals surface area contributed by atoms with E-state index in [-0.39, 0.29) is 12.5 Å². The first kappa shape index (κ1) is 19.8. The van der Waals surface area contributed by atoms with E-state index in [2.05, 4.69) is 10.3 Å².